The Labute approximate surface area is 101 Å². The first kappa shape index (κ1) is 10.1. The van der Waals surface area contributed by atoms with Gasteiger partial charge in [-0.05, 0) is 19.8 Å². The number of hydrogen-bond acceptors (Lipinski definition) is 4. The monoisotopic (exact) mass is 233 g/mol. The minimum absolute atomic E-state index is 0.616. The smallest absolute Gasteiger partial charge is 0.138 e. The van der Waals surface area contributed by atoms with Gasteiger partial charge in [-0.3, -0.25) is 4.90 Å². The lowest BCUT2D eigenvalue weighted by Gasteiger charge is -2.56. The van der Waals surface area contributed by atoms with Crippen molar-refractivity contribution in [3.05, 3.63) is 17.0 Å². The lowest BCUT2D eigenvalue weighted by Crippen LogP contribution is -2.70. The van der Waals surface area contributed by atoms with E-state index in [2.05, 4.69) is 22.3 Å². The fraction of sp³-hybridized carbons (Fsp3) is 0.769. The molecule has 1 aromatic rings. The van der Waals surface area contributed by atoms with Gasteiger partial charge in [0.1, 0.15) is 5.76 Å². The van der Waals surface area contributed by atoms with E-state index >= 15 is 0 Å². The van der Waals surface area contributed by atoms with E-state index in [1.54, 1.807) is 0 Å². The van der Waals surface area contributed by atoms with Crippen molar-refractivity contribution >= 4 is 0 Å². The summed E-state index contributed by atoms with van der Waals surface area (Å²) in [5.74, 6) is 1.72. The molecule has 1 spiro atoms. The molecule has 1 saturated carbocycles. The van der Waals surface area contributed by atoms with Crippen LogP contribution in [0, 0.1) is 12.3 Å². The molecule has 1 aromatic heterocycles. The highest BCUT2D eigenvalue weighted by molar-refractivity contribution is 5.28. The first-order chi connectivity index (χ1) is 8.26. The van der Waals surface area contributed by atoms with E-state index in [0.29, 0.717) is 11.3 Å². The maximum absolute atomic E-state index is 5.37. The number of likely N-dealkylation sites (tertiary alicyclic amines) is 1. The minimum Gasteiger partial charge on any atom is -0.361 e. The van der Waals surface area contributed by atoms with E-state index in [-0.39, 0.29) is 0 Å². The average molecular weight is 233 g/mol. The van der Waals surface area contributed by atoms with Crippen molar-refractivity contribution in [3.8, 4) is 0 Å². The number of rotatable bonds is 3. The van der Waals surface area contributed by atoms with Crippen LogP contribution in [0.2, 0.25) is 0 Å². The standard InChI is InChI=1S/C13H19N3O/c1-9-11(12(15-17-9)10-2-3-10)4-16-7-13(8-16)5-14-6-13/h10,14H,2-8H2,1H3. The molecular formula is C13H19N3O. The fourth-order valence-corrected chi connectivity index (χ4v) is 3.22. The third-order valence-electron chi connectivity index (χ3n) is 4.48. The van der Waals surface area contributed by atoms with Crippen molar-refractivity contribution in [1.82, 2.24) is 15.4 Å². The Balaban J connectivity index is 1.46. The molecule has 2 saturated heterocycles. The van der Waals surface area contributed by atoms with Crippen molar-refractivity contribution < 1.29 is 4.52 Å². The van der Waals surface area contributed by atoms with Crippen LogP contribution in [0.15, 0.2) is 4.52 Å². The second-order valence-corrected chi connectivity index (χ2v) is 6.13. The first-order valence-corrected chi connectivity index (χ1v) is 6.64. The molecule has 4 heteroatoms. The van der Waals surface area contributed by atoms with Gasteiger partial charge < -0.3 is 9.84 Å². The van der Waals surface area contributed by atoms with Crippen LogP contribution < -0.4 is 5.32 Å². The highest BCUT2D eigenvalue weighted by atomic mass is 16.5. The Kier molecular flexibility index (Phi) is 1.97. The lowest BCUT2D eigenvalue weighted by molar-refractivity contribution is -0.0447. The van der Waals surface area contributed by atoms with E-state index in [0.717, 1.165) is 12.3 Å². The van der Waals surface area contributed by atoms with Crippen LogP contribution >= 0.6 is 0 Å². The lowest BCUT2D eigenvalue weighted by atomic mass is 9.74. The summed E-state index contributed by atoms with van der Waals surface area (Å²) in [6.07, 6.45) is 2.60. The number of aryl methyl sites for hydroxylation is 1. The summed E-state index contributed by atoms with van der Waals surface area (Å²) in [5, 5.41) is 7.62. The van der Waals surface area contributed by atoms with Gasteiger partial charge in [-0.1, -0.05) is 5.16 Å². The SMILES string of the molecule is Cc1onc(C2CC2)c1CN1CC2(CNC2)C1. The molecule has 92 valence electrons. The number of nitrogens with zero attached hydrogens (tertiary/aromatic N) is 2. The Morgan fingerprint density at radius 3 is 2.76 bits per heavy atom. The van der Waals surface area contributed by atoms with Crippen molar-refractivity contribution in [1.29, 1.82) is 0 Å². The molecule has 3 fully saturated rings. The molecule has 4 rings (SSSR count). The maximum Gasteiger partial charge on any atom is 0.138 e. The summed E-state index contributed by atoms with van der Waals surface area (Å²) in [6, 6.07) is 0. The van der Waals surface area contributed by atoms with Crippen molar-refractivity contribution in [2.24, 2.45) is 5.41 Å². The third-order valence-corrected chi connectivity index (χ3v) is 4.48. The van der Waals surface area contributed by atoms with Gasteiger partial charge in [0.25, 0.3) is 0 Å². The van der Waals surface area contributed by atoms with Crippen LogP contribution in [-0.4, -0.2) is 36.2 Å². The van der Waals surface area contributed by atoms with Crippen molar-refractivity contribution in [2.45, 2.75) is 32.2 Å². The van der Waals surface area contributed by atoms with Gasteiger partial charge in [0, 0.05) is 49.6 Å². The Bertz CT molecular complexity index is 438. The molecule has 1 N–H and O–H groups in total. The Hall–Kier alpha value is -0.870. The second kappa shape index (κ2) is 3.33. The molecule has 1 aliphatic carbocycles. The van der Waals surface area contributed by atoms with Gasteiger partial charge in [-0.15, -0.1) is 0 Å². The van der Waals surface area contributed by atoms with Crippen LogP contribution in [0.1, 0.15) is 35.8 Å². The molecule has 0 unspecified atom stereocenters. The molecule has 0 atom stereocenters. The molecule has 4 nitrogen and oxygen atoms in total. The van der Waals surface area contributed by atoms with Gasteiger partial charge in [-0.25, -0.2) is 0 Å². The van der Waals surface area contributed by atoms with E-state index in [9.17, 15) is 0 Å². The van der Waals surface area contributed by atoms with E-state index in [4.69, 9.17) is 4.52 Å². The molecule has 2 aliphatic heterocycles. The summed E-state index contributed by atoms with van der Waals surface area (Å²) < 4.78 is 5.37. The quantitative estimate of drug-likeness (QED) is 0.853. The molecule has 0 amide bonds. The van der Waals surface area contributed by atoms with Gasteiger partial charge >= 0.3 is 0 Å². The minimum atomic E-state index is 0.616. The highest BCUT2D eigenvalue weighted by Crippen LogP contribution is 2.43. The Morgan fingerprint density at radius 1 is 1.41 bits per heavy atom. The summed E-state index contributed by atoms with van der Waals surface area (Å²) in [5.41, 5.74) is 3.23. The molecule has 3 heterocycles. The number of nitrogens with one attached hydrogen (secondary N) is 1. The summed E-state index contributed by atoms with van der Waals surface area (Å²) >= 11 is 0. The van der Waals surface area contributed by atoms with Crippen LogP contribution in [0.3, 0.4) is 0 Å². The normalized spacial score (nSPS) is 26.9. The van der Waals surface area contributed by atoms with Crippen molar-refractivity contribution in [2.75, 3.05) is 26.2 Å². The summed E-state index contributed by atoms with van der Waals surface area (Å²) in [4.78, 5) is 2.53. The van der Waals surface area contributed by atoms with Gasteiger partial charge in [0.2, 0.25) is 0 Å². The van der Waals surface area contributed by atoms with Gasteiger partial charge in [-0.2, -0.15) is 0 Å². The molecule has 0 radical (unpaired) electrons. The summed E-state index contributed by atoms with van der Waals surface area (Å²) in [6.45, 7) is 8.00. The van der Waals surface area contributed by atoms with Gasteiger partial charge in [0.15, 0.2) is 0 Å². The van der Waals surface area contributed by atoms with Crippen LogP contribution in [0.4, 0.5) is 0 Å². The van der Waals surface area contributed by atoms with Gasteiger partial charge in [0.05, 0.1) is 5.69 Å². The average Bonchev–Trinajstić information content (AvgIpc) is 2.96. The topological polar surface area (TPSA) is 41.3 Å². The second-order valence-electron chi connectivity index (χ2n) is 6.13. The van der Waals surface area contributed by atoms with Crippen molar-refractivity contribution in [3.63, 3.8) is 0 Å². The number of aromatic nitrogens is 1. The van der Waals surface area contributed by atoms with Crippen LogP contribution in [0.25, 0.3) is 0 Å². The third kappa shape index (κ3) is 1.54. The van der Waals surface area contributed by atoms with E-state index < -0.39 is 0 Å². The Morgan fingerprint density at radius 2 is 2.18 bits per heavy atom. The maximum atomic E-state index is 5.37. The predicted molar refractivity (Wildman–Crippen MR) is 63.8 cm³/mol. The fourth-order valence-electron chi connectivity index (χ4n) is 3.22. The van der Waals surface area contributed by atoms with E-state index in [1.807, 2.05) is 0 Å². The zero-order valence-corrected chi connectivity index (χ0v) is 10.3. The molecule has 0 aromatic carbocycles. The molecule has 0 bridgehead atoms. The zero-order valence-electron chi connectivity index (χ0n) is 10.3. The molecular weight excluding hydrogens is 214 g/mol. The first-order valence-electron chi connectivity index (χ1n) is 6.64. The largest absolute Gasteiger partial charge is 0.361 e. The zero-order chi connectivity index (χ0) is 11.5. The number of hydrogen-bond donors (Lipinski definition) is 1. The van der Waals surface area contributed by atoms with Crippen LogP contribution in [-0.2, 0) is 6.54 Å². The summed E-state index contributed by atoms with van der Waals surface area (Å²) in [7, 11) is 0. The van der Waals surface area contributed by atoms with Crippen LogP contribution in [0.5, 0.6) is 0 Å². The molecule has 3 aliphatic rings. The molecule has 17 heavy (non-hydrogen) atoms. The predicted octanol–water partition coefficient (Wildman–Crippen LogP) is 1.27. The highest BCUT2D eigenvalue weighted by Gasteiger charge is 2.47. The van der Waals surface area contributed by atoms with E-state index in [1.165, 1.54) is 50.3 Å².